The van der Waals surface area contributed by atoms with E-state index in [0.717, 1.165) is 0 Å². The molecule has 0 bridgehead atoms. The Balaban J connectivity index is 3.60. The summed E-state index contributed by atoms with van der Waals surface area (Å²) in [5.74, 6) is -0.0687. The van der Waals surface area contributed by atoms with Crippen molar-refractivity contribution in [2.24, 2.45) is 0 Å². The number of rotatable bonds is 4. The molecule has 0 aliphatic carbocycles. The third-order valence-electron chi connectivity index (χ3n) is 2.19. The van der Waals surface area contributed by atoms with Gasteiger partial charge in [0.25, 0.3) is 0 Å². The van der Waals surface area contributed by atoms with Gasteiger partial charge in [-0.2, -0.15) is 5.26 Å². The molecule has 0 aliphatic heterocycles. The number of benzene rings is 1. The summed E-state index contributed by atoms with van der Waals surface area (Å²) in [6, 6.07) is 1.72. The molecule has 0 spiro atoms. The summed E-state index contributed by atoms with van der Waals surface area (Å²) in [5.41, 5.74) is -0.158. The molecule has 0 saturated heterocycles. The minimum absolute atomic E-state index is 0.158. The maximum absolute atomic E-state index is 12.1. The summed E-state index contributed by atoms with van der Waals surface area (Å²) < 4.78 is 24.2. The second-order valence-electron chi connectivity index (χ2n) is 3.43. The average molecular weight is 381 g/mol. The maximum atomic E-state index is 12.1. The molecule has 1 aromatic carbocycles. The number of hydrogen-bond acceptors (Lipinski definition) is 3. The first-order valence-corrected chi connectivity index (χ1v) is 8.52. The second-order valence-corrected chi connectivity index (χ2v) is 7.37. The molecule has 1 aromatic rings. The normalized spacial score (nSPS) is 11.4. The molecule has 0 amide bonds. The first-order chi connectivity index (χ1) is 8.77. The molecule has 3 nitrogen and oxygen atoms in total. The molecule has 0 radical (unpaired) electrons. The molecule has 9 heteroatoms. The minimum atomic E-state index is -3.78. The highest BCUT2D eigenvalue weighted by atomic mass is 35.5. The third kappa shape index (κ3) is 3.41. The lowest BCUT2D eigenvalue weighted by Crippen LogP contribution is -2.10. The van der Waals surface area contributed by atoms with E-state index in [0.29, 0.717) is 0 Å². The fourth-order valence-corrected chi connectivity index (χ4v) is 4.85. The highest BCUT2D eigenvalue weighted by molar-refractivity contribution is 7.91. The van der Waals surface area contributed by atoms with Gasteiger partial charge in [-0.05, 0) is 6.42 Å². The van der Waals surface area contributed by atoms with Crippen LogP contribution in [0.3, 0.4) is 0 Å². The van der Waals surface area contributed by atoms with E-state index < -0.39 is 9.84 Å². The Kier molecular flexibility index (Phi) is 6.06. The molecule has 0 aliphatic rings. The van der Waals surface area contributed by atoms with Crippen LogP contribution in [0.4, 0.5) is 0 Å². The van der Waals surface area contributed by atoms with E-state index in [1.165, 1.54) is 0 Å². The van der Waals surface area contributed by atoms with E-state index in [-0.39, 0.29) is 48.6 Å². The van der Waals surface area contributed by atoms with Crippen LogP contribution in [0.2, 0.25) is 20.1 Å². The quantitative estimate of drug-likeness (QED) is 0.567. The first-order valence-electron chi connectivity index (χ1n) is 4.82. The van der Waals surface area contributed by atoms with Gasteiger partial charge in [-0.25, -0.2) is 8.42 Å². The van der Waals surface area contributed by atoms with Crippen LogP contribution in [-0.4, -0.2) is 20.1 Å². The lowest BCUT2D eigenvalue weighted by molar-refractivity contribution is 0.595. The van der Waals surface area contributed by atoms with Gasteiger partial charge < -0.3 is 0 Å². The van der Waals surface area contributed by atoms with E-state index in [4.69, 9.17) is 63.3 Å². The highest BCUT2D eigenvalue weighted by Gasteiger charge is 2.28. The summed E-state index contributed by atoms with van der Waals surface area (Å²) >= 11 is 28.9. The smallest absolute Gasteiger partial charge is 0.181 e. The monoisotopic (exact) mass is 379 g/mol. The molecule has 0 heterocycles. The van der Waals surface area contributed by atoms with E-state index in [1.807, 2.05) is 0 Å². The Morgan fingerprint density at radius 2 is 1.47 bits per heavy atom. The lowest BCUT2D eigenvalue weighted by Gasteiger charge is -2.12. The fraction of sp³-hybridized carbons (Fsp3) is 0.300. The Morgan fingerprint density at radius 1 is 1.00 bits per heavy atom. The van der Waals surface area contributed by atoms with Gasteiger partial charge in [0.1, 0.15) is 11.0 Å². The van der Waals surface area contributed by atoms with E-state index in [1.54, 1.807) is 6.07 Å². The van der Waals surface area contributed by atoms with Gasteiger partial charge >= 0.3 is 0 Å². The van der Waals surface area contributed by atoms with Gasteiger partial charge in [0.05, 0.1) is 31.4 Å². The minimum Gasteiger partial charge on any atom is -0.224 e. The molecule has 0 saturated carbocycles. The zero-order valence-corrected chi connectivity index (χ0v) is 13.8. The SMILES string of the molecule is N#Cc1c(Cl)c(Cl)c(S(=O)(=O)CCCCl)c(Cl)c1Cl. The lowest BCUT2D eigenvalue weighted by atomic mass is 10.2. The van der Waals surface area contributed by atoms with Crippen molar-refractivity contribution < 1.29 is 8.42 Å². The first kappa shape index (κ1) is 17.2. The van der Waals surface area contributed by atoms with Crippen LogP contribution >= 0.6 is 58.0 Å². The summed E-state index contributed by atoms with van der Waals surface area (Å²) in [6.07, 6.45) is 0.228. The topological polar surface area (TPSA) is 57.9 Å². The van der Waals surface area contributed by atoms with Crippen LogP contribution in [0.1, 0.15) is 12.0 Å². The number of nitrogens with zero attached hydrogens (tertiary/aromatic N) is 1. The fourth-order valence-electron chi connectivity index (χ4n) is 1.33. The van der Waals surface area contributed by atoms with E-state index in [2.05, 4.69) is 0 Å². The molecule has 0 atom stereocenters. The van der Waals surface area contributed by atoms with Crippen molar-refractivity contribution in [1.29, 1.82) is 5.26 Å². The van der Waals surface area contributed by atoms with E-state index >= 15 is 0 Å². The van der Waals surface area contributed by atoms with Gasteiger partial charge in [-0.3, -0.25) is 0 Å². The summed E-state index contributed by atoms with van der Waals surface area (Å²) in [5, 5.41) is 7.81. The highest BCUT2D eigenvalue weighted by Crippen LogP contribution is 2.43. The standard InChI is InChI=1S/C10H6Cl5NO2S/c11-2-1-3-19(17,18)10-8(14)6(12)5(4-16)7(13)9(10)15/h1-3H2. The van der Waals surface area contributed by atoms with Crippen molar-refractivity contribution in [1.82, 2.24) is 0 Å². The van der Waals surface area contributed by atoms with Crippen molar-refractivity contribution in [2.45, 2.75) is 11.3 Å². The molecule has 0 aromatic heterocycles. The van der Waals surface area contributed by atoms with Crippen LogP contribution in [0.5, 0.6) is 0 Å². The Labute approximate surface area is 135 Å². The largest absolute Gasteiger partial charge is 0.224 e. The third-order valence-corrected chi connectivity index (χ3v) is 6.25. The predicted molar refractivity (Wildman–Crippen MR) is 78.6 cm³/mol. The predicted octanol–water partition coefficient (Wildman–Crippen LogP) is 4.57. The zero-order valence-electron chi connectivity index (χ0n) is 9.18. The molecular formula is C10H6Cl5NO2S. The van der Waals surface area contributed by atoms with Gasteiger partial charge in [-0.15, -0.1) is 11.6 Å². The molecule has 19 heavy (non-hydrogen) atoms. The van der Waals surface area contributed by atoms with Crippen molar-refractivity contribution >= 4 is 67.8 Å². The van der Waals surface area contributed by atoms with Crippen LogP contribution < -0.4 is 0 Å². The van der Waals surface area contributed by atoms with Crippen molar-refractivity contribution in [3.05, 3.63) is 25.7 Å². The van der Waals surface area contributed by atoms with Crippen LogP contribution in [-0.2, 0) is 9.84 Å². The summed E-state index contributed by atoms with van der Waals surface area (Å²) in [4.78, 5) is -0.366. The summed E-state index contributed by atoms with van der Waals surface area (Å²) in [7, 11) is -3.78. The Morgan fingerprint density at radius 3 is 1.84 bits per heavy atom. The molecule has 0 fully saturated rings. The second kappa shape index (κ2) is 6.71. The van der Waals surface area contributed by atoms with Gasteiger partial charge in [0.15, 0.2) is 9.84 Å². The van der Waals surface area contributed by atoms with Crippen LogP contribution in [0.15, 0.2) is 4.90 Å². The number of sulfone groups is 1. The molecular weight excluding hydrogens is 375 g/mol. The zero-order chi connectivity index (χ0) is 14.8. The molecule has 104 valence electrons. The van der Waals surface area contributed by atoms with E-state index in [9.17, 15) is 8.42 Å². The number of alkyl halides is 1. The summed E-state index contributed by atoms with van der Waals surface area (Å²) in [6.45, 7) is 0. The van der Waals surface area contributed by atoms with Gasteiger partial charge in [-0.1, -0.05) is 46.4 Å². The average Bonchev–Trinajstić information content (AvgIpc) is 2.35. The Hall–Kier alpha value is 0.110. The molecule has 1 rings (SSSR count). The van der Waals surface area contributed by atoms with Crippen LogP contribution in [0.25, 0.3) is 0 Å². The number of nitriles is 1. The van der Waals surface area contributed by atoms with Crippen molar-refractivity contribution in [3.8, 4) is 6.07 Å². The number of hydrogen-bond donors (Lipinski definition) is 0. The number of halogens is 5. The van der Waals surface area contributed by atoms with Crippen molar-refractivity contribution in [3.63, 3.8) is 0 Å². The molecule has 0 unspecified atom stereocenters. The Bertz CT molecular complexity index is 622. The van der Waals surface area contributed by atoms with Crippen molar-refractivity contribution in [2.75, 3.05) is 11.6 Å². The van der Waals surface area contributed by atoms with Gasteiger partial charge in [0, 0.05) is 5.88 Å². The maximum Gasteiger partial charge on any atom is 0.181 e. The van der Waals surface area contributed by atoms with Gasteiger partial charge in [0.2, 0.25) is 0 Å². The molecule has 0 N–H and O–H groups in total. The van der Waals surface area contributed by atoms with Crippen LogP contribution in [0, 0.1) is 11.3 Å².